The Balaban J connectivity index is 2.95. The lowest BCUT2D eigenvalue weighted by atomic mass is 10.1. The Labute approximate surface area is 92.9 Å². The molecule has 5 nitrogen and oxygen atoms in total. The van der Waals surface area contributed by atoms with Crippen LogP contribution < -0.4 is 0 Å². The number of rotatable bonds is 3. The van der Waals surface area contributed by atoms with Crippen molar-refractivity contribution in [1.29, 1.82) is 0 Å². The minimum Gasteiger partial charge on any atom is -0.411 e. The normalized spacial score (nSPS) is 12.6. The molecule has 0 saturated heterocycles. The third-order valence-corrected chi connectivity index (χ3v) is 2.21. The quantitative estimate of drug-likeness (QED) is 0.368. The van der Waals surface area contributed by atoms with Gasteiger partial charge in [-0.15, -0.1) is 0 Å². The van der Waals surface area contributed by atoms with Crippen LogP contribution in [0.1, 0.15) is 19.4 Å². The zero-order valence-electron chi connectivity index (χ0n) is 9.04. The fourth-order valence-corrected chi connectivity index (χ4v) is 1.13. The van der Waals surface area contributed by atoms with Gasteiger partial charge in [-0.2, -0.15) is 0 Å². The predicted octanol–water partition coefficient (Wildman–Crippen LogP) is 2.85. The van der Waals surface area contributed by atoms with Gasteiger partial charge in [0.2, 0.25) is 0 Å². The Kier molecular flexibility index (Phi) is 3.77. The van der Waals surface area contributed by atoms with Gasteiger partial charge < -0.3 is 5.21 Å². The first-order valence-corrected chi connectivity index (χ1v) is 4.66. The van der Waals surface area contributed by atoms with Gasteiger partial charge in [-0.1, -0.05) is 11.2 Å². The lowest BCUT2D eigenvalue weighted by molar-refractivity contribution is -0.384. The van der Waals surface area contributed by atoms with E-state index >= 15 is 0 Å². The van der Waals surface area contributed by atoms with Gasteiger partial charge in [0.15, 0.2) is 0 Å². The monoisotopic (exact) mass is 220 g/mol. The summed E-state index contributed by atoms with van der Waals surface area (Å²) in [6.07, 6.45) is 1.79. The van der Waals surface area contributed by atoms with Gasteiger partial charge in [-0.25, -0.2) is 0 Å². The topological polar surface area (TPSA) is 75.7 Å². The lowest BCUT2D eigenvalue weighted by Gasteiger charge is -1.98. The van der Waals surface area contributed by atoms with Crippen LogP contribution in [-0.2, 0) is 0 Å². The van der Waals surface area contributed by atoms with E-state index in [0.717, 1.165) is 11.1 Å². The van der Waals surface area contributed by atoms with E-state index in [4.69, 9.17) is 5.21 Å². The zero-order chi connectivity index (χ0) is 12.1. The second-order valence-electron chi connectivity index (χ2n) is 3.36. The van der Waals surface area contributed by atoms with Crippen molar-refractivity contribution in [1.82, 2.24) is 0 Å². The van der Waals surface area contributed by atoms with Crippen molar-refractivity contribution in [3.8, 4) is 0 Å². The first-order chi connectivity index (χ1) is 7.54. The third-order valence-electron chi connectivity index (χ3n) is 2.21. The smallest absolute Gasteiger partial charge is 0.269 e. The summed E-state index contributed by atoms with van der Waals surface area (Å²) < 4.78 is 0. The highest BCUT2D eigenvalue weighted by Gasteiger charge is 2.03. The Morgan fingerprint density at radius 1 is 1.38 bits per heavy atom. The summed E-state index contributed by atoms with van der Waals surface area (Å²) in [4.78, 5) is 9.98. The fourth-order valence-electron chi connectivity index (χ4n) is 1.13. The van der Waals surface area contributed by atoms with Gasteiger partial charge in [0.05, 0.1) is 10.6 Å². The van der Waals surface area contributed by atoms with Crippen LogP contribution in [0.3, 0.4) is 0 Å². The molecule has 0 aliphatic rings. The van der Waals surface area contributed by atoms with E-state index in [-0.39, 0.29) is 5.69 Å². The van der Waals surface area contributed by atoms with E-state index in [2.05, 4.69) is 5.16 Å². The number of nitro benzene ring substituents is 1. The molecule has 5 heteroatoms. The minimum absolute atomic E-state index is 0.0577. The highest BCUT2D eigenvalue weighted by atomic mass is 16.6. The molecule has 16 heavy (non-hydrogen) atoms. The van der Waals surface area contributed by atoms with E-state index in [0.29, 0.717) is 5.71 Å². The Morgan fingerprint density at radius 3 is 2.38 bits per heavy atom. The summed E-state index contributed by atoms with van der Waals surface area (Å²) in [6.45, 7) is 3.48. The number of benzene rings is 1. The van der Waals surface area contributed by atoms with Gasteiger partial charge in [-0.05, 0) is 37.1 Å². The van der Waals surface area contributed by atoms with Crippen molar-refractivity contribution in [2.75, 3.05) is 0 Å². The maximum Gasteiger partial charge on any atom is 0.269 e. The molecule has 0 radical (unpaired) electrons. The van der Waals surface area contributed by atoms with Crippen LogP contribution >= 0.6 is 0 Å². The summed E-state index contributed by atoms with van der Waals surface area (Å²) in [5, 5.41) is 22.1. The second kappa shape index (κ2) is 5.06. The van der Waals surface area contributed by atoms with Crippen molar-refractivity contribution in [3.63, 3.8) is 0 Å². The van der Waals surface area contributed by atoms with E-state index in [9.17, 15) is 10.1 Å². The molecular weight excluding hydrogens is 208 g/mol. The number of nitrogens with zero attached hydrogens (tertiary/aromatic N) is 2. The summed E-state index contributed by atoms with van der Waals surface area (Å²) in [7, 11) is 0. The van der Waals surface area contributed by atoms with Crippen molar-refractivity contribution < 1.29 is 10.1 Å². The largest absolute Gasteiger partial charge is 0.411 e. The lowest BCUT2D eigenvalue weighted by Crippen LogP contribution is -1.92. The maximum absolute atomic E-state index is 10.4. The summed E-state index contributed by atoms with van der Waals surface area (Å²) in [5.41, 5.74) is 2.20. The zero-order valence-corrected chi connectivity index (χ0v) is 9.04. The molecule has 1 aromatic rings. The van der Waals surface area contributed by atoms with Gasteiger partial charge in [-0.3, -0.25) is 10.1 Å². The molecule has 0 atom stereocenters. The van der Waals surface area contributed by atoms with Crippen LogP contribution in [0.25, 0.3) is 6.08 Å². The Hall–Kier alpha value is -2.17. The number of allylic oxidation sites excluding steroid dienone is 1. The molecule has 0 aliphatic heterocycles. The van der Waals surface area contributed by atoms with Crippen LogP contribution in [0.5, 0.6) is 0 Å². The van der Waals surface area contributed by atoms with E-state index in [1.54, 1.807) is 32.1 Å². The van der Waals surface area contributed by atoms with E-state index in [1.807, 2.05) is 0 Å². The maximum atomic E-state index is 10.4. The molecule has 0 spiro atoms. The van der Waals surface area contributed by atoms with Crippen LogP contribution in [0.15, 0.2) is 35.0 Å². The van der Waals surface area contributed by atoms with E-state index in [1.165, 1.54) is 12.1 Å². The fraction of sp³-hybridized carbons (Fsp3) is 0.182. The highest BCUT2D eigenvalue weighted by Crippen LogP contribution is 2.14. The standard InChI is InChI=1S/C11H12N2O3/c1-8(9(2)12-14)7-10-3-5-11(6-4-10)13(15)16/h3-7,14H,1-2H3/b8-7+,12-9+. The molecule has 0 bridgehead atoms. The molecule has 1 N–H and O–H groups in total. The van der Waals surface area contributed by atoms with Crippen molar-refractivity contribution in [2.45, 2.75) is 13.8 Å². The molecule has 0 aromatic heterocycles. The highest BCUT2D eigenvalue weighted by molar-refractivity contribution is 6.01. The molecule has 84 valence electrons. The molecule has 0 unspecified atom stereocenters. The molecule has 1 aromatic carbocycles. The Bertz CT molecular complexity index is 447. The van der Waals surface area contributed by atoms with Crippen molar-refractivity contribution in [2.24, 2.45) is 5.16 Å². The summed E-state index contributed by atoms with van der Waals surface area (Å²) in [5.74, 6) is 0. The number of non-ortho nitro benzene ring substituents is 1. The first kappa shape index (κ1) is 11.9. The minimum atomic E-state index is -0.444. The van der Waals surface area contributed by atoms with Crippen LogP contribution in [0, 0.1) is 10.1 Å². The van der Waals surface area contributed by atoms with Crippen molar-refractivity contribution >= 4 is 17.5 Å². The molecular formula is C11H12N2O3. The molecule has 1 rings (SSSR count). The molecule has 0 fully saturated rings. The third kappa shape index (κ3) is 2.91. The Morgan fingerprint density at radius 2 is 1.94 bits per heavy atom. The second-order valence-corrected chi connectivity index (χ2v) is 3.36. The summed E-state index contributed by atoms with van der Waals surface area (Å²) in [6, 6.07) is 6.16. The number of hydrogen-bond donors (Lipinski definition) is 1. The van der Waals surface area contributed by atoms with Gasteiger partial charge >= 0.3 is 0 Å². The molecule has 0 saturated carbocycles. The molecule has 0 aliphatic carbocycles. The number of nitro groups is 1. The average molecular weight is 220 g/mol. The SMILES string of the molecule is CC(=C\c1ccc([N+](=O)[O-])cc1)/C(C)=N/O. The van der Waals surface area contributed by atoms with E-state index < -0.39 is 4.92 Å². The first-order valence-electron chi connectivity index (χ1n) is 4.66. The molecule has 0 amide bonds. The molecule has 0 heterocycles. The predicted molar refractivity (Wildman–Crippen MR) is 61.6 cm³/mol. The van der Waals surface area contributed by atoms with Gasteiger partial charge in [0, 0.05) is 12.1 Å². The van der Waals surface area contributed by atoms with Crippen LogP contribution in [0.4, 0.5) is 5.69 Å². The number of oxime groups is 1. The van der Waals surface area contributed by atoms with Gasteiger partial charge in [0.25, 0.3) is 5.69 Å². The summed E-state index contributed by atoms with van der Waals surface area (Å²) >= 11 is 0. The average Bonchev–Trinajstić information content (AvgIpc) is 2.28. The number of hydrogen-bond acceptors (Lipinski definition) is 4. The van der Waals surface area contributed by atoms with Gasteiger partial charge in [0.1, 0.15) is 0 Å². The van der Waals surface area contributed by atoms with Crippen LogP contribution in [0.2, 0.25) is 0 Å². The van der Waals surface area contributed by atoms with Crippen LogP contribution in [-0.4, -0.2) is 15.8 Å². The van der Waals surface area contributed by atoms with Crippen molar-refractivity contribution in [3.05, 3.63) is 45.5 Å².